The number of hydrogen-bond donors (Lipinski definition) is 2. The molecule has 1 aromatic carbocycles. The van der Waals surface area contributed by atoms with Gasteiger partial charge in [-0.25, -0.2) is 8.42 Å². The third-order valence-electron chi connectivity index (χ3n) is 2.85. The molecule has 0 bridgehead atoms. The van der Waals surface area contributed by atoms with Crippen molar-refractivity contribution in [2.24, 2.45) is 0 Å². The van der Waals surface area contributed by atoms with E-state index in [0.29, 0.717) is 5.69 Å². The molecule has 2 N–H and O–H groups in total. The van der Waals surface area contributed by atoms with Crippen LogP contribution in [0.25, 0.3) is 10.1 Å². The Labute approximate surface area is 129 Å². The molecular weight excluding hydrogens is 332 g/mol. The highest BCUT2D eigenvalue weighted by Gasteiger charge is 2.16. The molecule has 0 atom stereocenters. The van der Waals surface area contributed by atoms with Crippen molar-refractivity contribution in [3.8, 4) is 0 Å². The molecule has 0 radical (unpaired) electrons. The zero-order valence-electron chi connectivity index (χ0n) is 10.5. The average molecular weight is 341 g/mol. The van der Waals surface area contributed by atoms with Gasteiger partial charge in [0.2, 0.25) is 0 Å². The fraction of sp³-hybridized carbons (Fsp3) is 0. The molecule has 2 heterocycles. The molecular formula is C13H9ClN2O3S2. The Morgan fingerprint density at radius 1 is 1.19 bits per heavy atom. The van der Waals surface area contributed by atoms with Gasteiger partial charge in [-0.3, -0.25) is 9.52 Å². The summed E-state index contributed by atoms with van der Waals surface area (Å²) in [6, 6.07) is 8.30. The summed E-state index contributed by atoms with van der Waals surface area (Å²) >= 11 is 7.23. The summed E-state index contributed by atoms with van der Waals surface area (Å²) in [6.45, 7) is 0. The summed E-state index contributed by atoms with van der Waals surface area (Å²) in [5, 5.41) is 2.72. The van der Waals surface area contributed by atoms with Crippen LogP contribution < -0.4 is 10.3 Å². The van der Waals surface area contributed by atoms with Crippen LogP contribution in [0, 0.1) is 0 Å². The van der Waals surface area contributed by atoms with Gasteiger partial charge in [0.25, 0.3) is 15.6 Å². The predicted octanol–water partition coefficient (Wildman–Crippen LogP) is 3.04. The lowest BCUT2D eigenvalue weighted by Crippen LogP contribution is -2.16. The van der Waals surface area contributed by atoms with Crippen LogP contribution in [-0.2, 0) is 10.0 Å². The first kappa shape index (κ1) is 14.1. The first-order valence-corrected chi connectivity index (χ1v) is 8.58. The Kier molecular flexibility index (Phi) is 3.48. The molecule has 0 saturated carbocycles. The van der Waals surface area contributed by atoms with E-state index in [2.05, 4.69) is 9.71 Å². The number of pyridine rings is 1. The van der Waals surface area contributed by atoms with E-state index in [-0.39, 0.29) is 9.92 Å². The lowest BCUT2D eigenvalue weighted by atomic mass is 10.2. The van der Waals surface area contributed by atoms with E-state index in [4.69, 9.17) is 11.6 Å². The number of halogens is 1. The first-order chi connectivity index (χ1) is 9.95. The van der Waals surface area contributed by atoms with Gasteiger partial charge in [0, 0.05) is 16.6 Å². The molecule has 0 spiro atoms. The number of anilines is 1. The maximum Gasteiger partial charge on any atom is 0.266 e. The second-order valence-electron chi connectivity index (χ2n) is 4.29. The average Bonchev–Trinajstić information content (AvgIpc) is 2.88. The predicted molar refractivity (Wildman–Crippen MR) is 84.7 cm³/mol. The standard InChI is InChI=1S/C13H9ClN2O3S2/c14-11-6-10(7-15-13(11)17)21(18,19)16-9-1-2-12-8(5-9)3-4-20-12/h1-7,16H,(H,15,17). The van der Waals surface area contributed by atoms with Crippen molar-refractivity contribution in [2.75, 3.05) is 4.72 Å². The summed E-state index contributed by atoms with van der Waals surface area (Å²) in [5.74, 6) is 0. The Morgan fingerprint density at radius 3 is 2.76 bits per heavy atom. The number of hydrogen-bond acceptors (Lipinski definition) is 4. The third kappa shape index (κ3) is 2.80. The zero-order chi connectivity index (χ0) is 15.0. The van der Waals surface area contributed by atoms with E-state index < -0.39 is 15.6 Å². The van der Waals surface area contributed by atoms with Crippen LogP contribution in [0.15, 0.2) is 51.6 Å². The molecule has 2 aromatic heterocycles. The van der Waals surface area contributed by atoms with Gasteiger partial charge in [-0.1, -0.05) is 11.6 Å². The third-order valence-corrected chi connectivity index (χ3v) is 5.39. The van der Waals surface area contributed by atoms with Gasteiger partial charge in [0.1, 0.15) is 9.92 Å². The van der Waals surface area contributed by atoms with Crippen molar-refractivity contribution in [2.45, 2.75) is 4.90 Å². The number of fused-ring (bicyclic) bond motifs is 1. The van der Waals surface area contributed by atoms with Gasteiger partial charge in [0.15, 0.2) is 0 Å². The number of aromatic amines is 1. The Hall–Kier alpha value is -1.83. The van der Waals surface area contributed by atoms with Crippen molar-refractivity contribution in [3.63, 3.8) is 0 Å². The molecule has 0 aliphatic heterocycles. The SMILES string of the molecule is O=c1[nH]cc(S(=O)(=O)Nc2ccc3sccc3c2)cc1Cl. The minimum atomic E-state index is -3.81. The second-order valence-corrected chi connectivity index (χ2v) is 7.33. The van der Waals surface area contributed by atoms with Gasteiger partial charge in [-0.05, 0) is 41.1 Å². The van der Waals surface area contributed by atoms with Crippen LogP contribution in [0.5, 0.6) is 0 Å². The van der Waals surface area contributed by atoms with Gasteiger partial charge in [-0.2, -0.15) is 0 Å². The smallest absolute Gasteiger partial charge is 0.266 e. The number of thiophene rings is 1. The maximum absolute atomic E-state index is 12.3. The number of benzene rings is 1. The highest BCUT2D eigenvalue weighted by atomic mass is 35.5. The van der Waals surface area contributed by atoms with E-state index in [1.54, 1.807) is 23.5 Å². The van der Waals surface area contributed by atoms with Crippen molar-refractivity contribution in [1.82, 2.24) is 4.98 Å². The molecule has 108 valence electrons. The van der Waals surface area contributed by atoms with E-state index in [9.17, 15) is 13.2 Å². The summed E-state index contributed by atoms with van der Waals surface area (Å²) in [7, 11) is -3.81. The molecule has 0 aliphatic carbocycles. The molecule has 0 amide bonds. The summed E-state index contributed by atoms with van der Waals surface area (Å²) in [6.07, 6.45) is 1.11. The molecule has 3 rings (SSSR count). The van der Waals surface area contributed by atoms with Gasteiger partial charge >= 0.3 is 0 Å². The van der Waals surface area contributed by atoms with Crippen molar-refractivity contribution < 1.29 is 8.42 Å². The van der Waals surface area contributed by atoms with Crippen molar-refractivity contribution in [3.05, 3.63) is 57.3 Å². The van der Waals surface area contributed by atoms with Crippen LogP contribution in [0.2, 0.25) is 5.02 Å². The molecule has 0 aliphatic rings. The fourth-order valence-corrected chi connectivity index (χ4v) is 3.89. The Bertz CT molecular complexity index is 976. The summed E-state index contributed by atoms with van der Waals surface area (Å²) < 4.78 is 28.0. The first-order valence-electron chi connectivity index (χ1n) is 5.84. The van der Waals surface area contributed by atoms with Crippen LogP contribution in [0.3, 0.4) is 0 Å². The molecule has 0 saturated heterocycles. The topological polar surface area (TPSA) is 79.0 Å². The number of H-pyrrole nitrogens is 1. The minimum absolute atomic E-state index is 0.0995. The second kappa shape index (κ2) is 5.18. The number of aromatic nitrogens is 1. The van der Waals surface area contributed by atoms with Crippen LogP contribution in [0.4, 0.5) is 5.69 Å². The van der Waals surface area contributed by atoms with E-state index in [1.165, 1.54) is 0 Å². The summed E-state index contributed by atoms with van der Waals surface area (Å²) in [4.78, 5) is 13.4. The highest BCUT2D eigenvalue weighted by Crippen LogP contribution is 2.25. The van der Waals surface area contributed by atoms with Crippen molar-refractivity contribution >= 4 is 48.7 Å². The maximum atomic E-state index is 12.3. The number of nitrogens with one attached hydrogen (secondary N) is 2. The van der Waals surface area contributed by atoms with Crippen molar-refractivity contribution in [1.29, 1.82) is 0 Å². The summed E-state index contributed by atoms with van der Waals surface area (Å²) in [5.41, 5.74) is -0.0847. The fourth-order valence-electron chi connectivity index (χ4n) is 1.84. The number of sulfonamides is 1. The minimum Gasteiger partial charge on any atom is -0.326 e. The monoisotopic (exact) mass is 340 g/mol. The zero-order valence-corrected chi connectivity index (χ0v) is 12.8. The largest absolute Gasteiger partial charge is 0.326 e. The quantitative estimate of drug-likeness (QED) is 0.769. The van der Waals surface area contributed by atoms with Crippen LogP contribution >= 0.6 is 22.9 Å². The van der Waals surface area contributed by atoms with E-state index >= 15 is 0 Å². The highest BCUT2D eigenvalue weighted by molar-refractivity contribution is 7.92. The lowest BCUT2D eigenvalue weighted by molar-refractivity contribution is 0.600. The molecule has 21 heavy (non-hydrogen) atoms. The molecule has 5 nitrogen and oxygen atoms in total. The molecule has 0 unspecified atom stereocenters. The number of rotatable bonds is 3. The van der Waals surface area contributed by atoms with Crippen LogP contribution in [0.1, 0.15) is 0 Å². The Balaban J connectivity index is 1.98. The van der Waals surface area contributed by atoms with Crippen LogP contribution in [-0.4, -0.2) is 13.4 Å². The van der Waals surface area contributed by atoms with E-state index in [0.717, 1.165) is 22.3 Å². The van der Waals surface area contributed by atoms with E-state index in [1.807, 2.05) is 17.5 Å². The van der Waals surface area contributed by atoms with Gasteiger partial charge in [0.05, 0.1) is 0 Å². The molecule has 8 heteroatoms. The van der Waals surface area contributed by atoms with Gasteiger partial charge < -0.3 is 4.98 Å². The molecule has 3 aromatic rings. The Morgan fingerprint density at radius 2 is 2.00 bits per heavy atom. The van der Waals surface area contributed by atoms with Gasteiger partial charge in [-0.15, -0.1) is 11.3 Å². The lowest BCUT2D eigenvalue weighted by Gasteiger charge is -2.08. The normalized spacial score (nSPS) is 11.7. The molecule has 0 fully saturated rings.